The fraction of sp³-hybridized carbons (Fsp3) is 0.688. The minimum absolute atomic E-state index is 0. The summed E-state index contributed by atoms with van der Waals surface area (Å²) in [4.78, 5) is 17.4. The summed E-state index contributed by atoms with van der Waals surface area (Å²) in [6.07, 6.45) is 5.64. The van der Waals surface area contributed by atoms with E-state index in [1.165, 1.54) is 25.1 Å². The van der Waals surface area contributed by atoms with Crippen LogP contribution in [0.3, 0.4) is 0 Å². The van der Waals surface area contributed by atoms with Gasteiger partial charge in [-0.3, -0.25) is 4.79 Å². The molecule has 2 fully saturated rings. The zero-order valence-corrected chi connectivity index (χ0v) is 16.4. The van der Waals surface area contributed by atoms with E-state index in [4.69, 9.17) is 0 Å². The Labute approximate surface area is 155 Å². The molecule has 3 heterocycles. The predicted octanol–water partition coefficient (Wildman–Crippen LogP) is 1.48. The van der Waals surface area contributed by atoms with Gasteiger partial charge in [-0.15, -0.1) is 12.4 Å². The van der Waals surface area contributed by atoms with Gasteiger partial charge in [0, 0.05) is 37.4 Å². The molecule has 0 spiro atoms. The first kappa shape index (κ1) is 20.2. The van der Waals surface area contributed by atoms with Crippen molar-refractivity contribution in [1.82, 2.24) is 19.9 Å². The summed E-state index contributed by atoms with van der Waals surface area (Å²) in [6.45, 7) is 3.52. The van der Waals surface area contributed by atoms with E-state index in [9.17, 15) is 13.2 Å². The number of aromatic amines is 1. The molecule has 2 atom stereocenters. The molecular formula is C16H27ClN4O3S. The minimum atomic E-state index is -3.59. The molecule has 0 saturated carbocycles. The number of hydrogen-bond donors (Lipinski definition) is 3. The van der Waals surface area contributed by atoms with Gasteiger partial charge in [0.25, 0.3) is 5.91 Å². The number of carbonyl (C=O) groups excluding carboxylic acids is 1. The van der Waals surface area contributed by atoms with Gasteiger partial charge in [0.15, 0.2) is 0 Å². The van der Waals surface area contributed by atoms with E-state index in [2.05, 4.69) is 15.0 Å². The molecule has 1 aromatic heterocycles. The van der Waals surface area contributed by atoms with Crippen molar-refractivity contribution in [2.75, 3.05) is 7.05 Å². The maximum Gasteiger partial charge on any atom is 0.270 e. The molecule has 1 amide bonds. The number of rotatable bonds is 5. The summed E-state index contributed by atoms with van der Waals surface area (Å²) in [5.74, 6) is -0.160. The molecule has 0 radical (unpaired) electrons. The van der Waals surface area contributed by atoms with Gasteiger partial charge >= 0.3 is 0 Å². The molecule has 2 aliphatic rings. The Bertz CT molecular complexity index is 707. The summed E-state index contributed by atoms with van der Waals surface area (Å²) in [6, 6.07) is 2.42. The largest absolute Gasteiger partial charge is 0.356 e. The maximum absolute atomic E-state index is 12.7. The molecule has 7 nitrogen and oxygen atoms in total. The van der Waals surface area contributed by atoms with Crippen molar-refractivity contribution in [3.63, 3.8) is 0 Å². The third-order valence-corrected chi connectivity index (χ3v) is 6.54. The number of piperidine rings is 1. The lowest BCUT2D eigenvalue weighted by Crippen LogP contribution is -2.48. The molecule has 0 aromatic carbocycles. The van der Waals surface area contributed by atoms with E-state index in [0.29, 0.717) is 17.8 Å². The third-order valence-electron chi connectivity index (χ3n) is 4.90. The van der Waals surface area contributed by atoms with Crippen molar-refractivity contribution in [3.8, 4) is 0 Å². The average molecular weight is 391 g/mol. The smallest absolute Gasteiger partial charge is 0.270 e. The quantitative estimate of drug-likeness (QED) is 0.709. The molecule has 3 rings (SSSR count). The third kappa shape index (κ3) is 4.36. The highest BCUT2D eigenvalue weighted by Crippen LogP contribution is 2.29. The van der Waals surface area contributed by atoms with Gasteiger partial charge in [-0.2, -0.15) is 0 Å². The topological polar surface area (TPSA) is 94.3 Å². The lowest BCUT2D eigenvalue weighted by atomic mass is 9.98. The van der Waals surface area contributed by atoms with Crippen molar-refractivity contribution in [1.29, 1.82) is 0 Å². The molecule has 2 saturated heterocycles. The zero-order chi connectivity index (χ0) is 17.5. The number of halogens is 1. The Morgan fingerprint density at radius 3 is 2.44 bits per heavy atom. The fourth-order valence-electron chi connectivity index (χ4n) is 3.73. The van der Waals surface area contributed by atoms with E-state index < -0.39 is 10.0 Å². The summed E-state index contributed by atoms with van der Waals surface area (Å²) >= 11 is 0. The highest BCUT2D eigenvalue weighted by molar-refractivity contribution is 7.89. The Balaban J connectivity index is 0.00000225. The van der Waals surface area contributed by atoms with Crippen LogP contribution in [0.4, 0.5) is 0 Å². The van der Waals surface area contributed by atoms with Crippen LogP contribution in [0.25, 0.3) is 0 Å². The number of nitrogens with zero attached hydrogens (tertiary/aromatic N) is 1. The lowest BCUT2D eigenvalue weighted by molar-refractivity contribution is 0.0676. The molecule has 9 heteroatoms. The SMILES string of the molecule is CC(C)NS(=O)(=O)c1c[nH]c(C(=O)N(C)C2CC3CCC(C2)N3)c1.Cl. The molecular weight excluding hydrogens is 364 g/mol. The Morgan fingerprint density at radius 1 is 1.28 bits per heavy atom. The number of nitrogens with one attached hydrogen (secondary N) is 3. The van der Waals surface area contributed by atoms with Crippen LogP contribution in [0.5, 0.6) is 0 Å². The van der Waals surface area contributed by atoms with Crippen LogP contribution >= 0.6 is 12.4 Å². The van der Waals surface area contributed by atoms with E-state index in [1.807, 2.05) is 0 Å². The van der Waals surface area contributed by atoms with Crippen molar-refractivity contribution in [2.45, 2.75) is 68.6 Å². The van der Waals surface area contributed by atoms with Gasteiger partial charge in [-0.25, -0.2) is 13.1 Å². The van der Waals surface area contributed by atoms with Gasteiger partial charge in [-0.05, 0) is 45.6 Å². The van der Waals surface area contributed by atoms with Crippen LogP contribution in [0.2, 0.25) is 0 Å². The highest BCUT2D eigenvalue weighted by Gasteiger charge is 2.36. The van der Waals surface area contributed by atoms with Gasteiger partial charge in [0.2, 0.25) is 10.0 Å². The first-order chi connectivity index (χ1) is 11.3. The average Bonchev–Trinajstić information content (AvgIpc) is 3.12. The van der Waals surface area contributed by atoms with Crippen LogP contribution in [0, 0.1) is 0 Å². The highest BCUT2D eigenvalue weighted by atomic mass is 35.5. The molecule has 3 N–H and O–H groups in total. The second-order valence-corrected chi connectivity index (χ2v) is 8.92. The van der Waals surface area contributed by atoms with Crippen molar-refractivity contribution >= 4 is 28.3 Å². The number of aromatic nitrogens is 1. The Hall–Kier alpha value is -1.09. The molecule has 2 unspecified atom stereocenters. The molecule has 142 valence electrons. The monoisotopic (exact) mass is 390 g/mol. The van der Waals surface area contributed by atoms with Gasteiger partial charge < -0.3 is 15.2 Å². The zero-order valence-electron chi connectivity index (χ0n) is 14.8. The van der Waals surface area contributed by atoms with Crippen LogP contribution in [-0.2, 0) is 10.0 Å². The molecule has 2 bridgehead atoms. The molecule has 1 aromatic rings. The van der Waals surface area contributed by atoms with Crippen LogP contribution in [0.15, 0.2) is 17.2 Å². The fourth-order valence-corrected chi connectivity index (χ4v) is 4.97. The number of H-pyrrole nitrogens is 1. The normalized spacial score (nSPS) is 25.7. The summed E-state index contributed by atoms with van der Waals surface area (Å²) in [5.41, 5.74) is 0.313. The molecule has 25 heavy (non-hydrogen) atoms. The first-order valence-electron chi connectivity index (χ1n) is 8.50. The maximum atomic E-state index is 12.7. The summed E-state index contributed by atoms with van der Waals surface area (Å²) < 4.78 is 26.9. The first-order valence-corrected chi connectivity index (χ1v) is 9.98. The Kier molecular flexibility index (Phi) is 6.19. The molecule has 0 aliphatic carbocycles. The van der Waals surface area contributed by atoms with Crippen molar-refractivity contribution < 1.29 is 13.2 Å². The van der Waals surface area contributed by atoms with E-state index >= 15 is 0 Å². The van der Waals surface area contributed by atoms with Crippen LogP contribution < -0.4 is 10.0 Å². The number of carbonyl (C=O) groups is 1. The second kappa shape index (κ2) is 7.65. The molecule has 2 aliphatic heterocycles. The van der Waals surface area contributed by atoms with E-state index in [-0.39, 0.29) is 35.3 Å². The lowest BCUT2D eigenvalue weighted by Gasteiger charge is -2.35. The van der Waals surface area contributed by atoms with Gasteiger partial charge in [0.1, 0.15) is 10.6 Å². The second-order valence-electron chi connectivity index (χ2n) is 7.20. The predicted molar refractivity (Wildman–Crippen MR) is 98.6 cm³/mol. The number of sulfonamides is 1. The number of fused-ring (bicyclic) bond motifs is 2. The van der Waals surface area contributed by atoms with E-state index in [1.54, 1.807) is 25.8 Å². The van der Waals surface area contributed by atoms with Crippen molar-refractivity contribution in [2.24, 2.45) is 0 Å². The van der Waals surface area contributed by atoms with Crippen molar-refractivity contribution in [3.05, 3.63) is 18.0 Å². The van der Waals surface area contributed by atoms with E-state index in [0.717, 1.165) is 12.8 Å². The standard InChI is InChI=1S/C16H26N4O3S.ClH/c1-10(2)19-24(22,23)14-8-15(17-9-14)16(21)20(3)13-6-11-4-5-12(7-13)18-11;/h8-13,17-19H,4-7H2,1-3H3;1H. The van der Waals surface area contributed by atoms with Crippen LogP contribution in [0.1, 0.15) is 50.0 Å². The van der Waals surface area contributed by atoms with Gasteiger partial charge in [0.05, 0.1) is 0 Å². The number of amides is 1. The van der Waals surface area contributed by atoms with Crippen LogP contribution in [-0.4, -0.2) is 55.4 Å². The van der Waals surface area contributed by atoms with Gasteiger partial charge in [-0.1, -0.05) is 0 Å². The number of hydrogen-bond acceptors (Lipinski definition) is 4. The minimum Gasteiger partial charge on any atom is -0.356 e. The summed E-state index contributed by atoms with van der Waals surface area (Å²) in [7, 11) is -1.79. The summed E-state index contributed by atoms with van der Waals surface area (Å²) in [5, 5.41) is 3.56. The Morgan fingerprint density at radius 2 is 1.88 bits per heavy atom.